The SMILES string of the molecule is Cc1cc(C(=O)N2CCS(=O)(=O)CC2)nc2c3c(nn12)CCN([C@H]1CO[C@H](c2cc(F)ccc2F)[C@@H](N(C(=O)OC(C)(C)C)C(C)(C)C)C1)C3. The lowest BCUT2D eigenvalue weighted by molar-refractivity contribution is -0.111. The van der Waals surface area contributed by atoms with E-state index in [1.807, 2.05) is 27.7 Å². The topological polar surface area (TPSA) is 127 Å². The van der Waals surface area contributed by atoms with Crippen LogP contribution in [0, 0.1) is 18.6 Å². The largest absolute Gasteiger partial charge is 0.444 e. The fraction of sp³-hybridized carbons (Fsp3) is 0.600. The van der Waals surface area contributed by atoms with Crippen molar-refractivity contribution in [3.8, 4) is 0 Å². The molecule has 3 atom stereocenters. The van der Waals surface area contributed by atoms with Gasteiger partial charge in [0.25, 0.3) is 5.91 Å². The molecule has 0 radical (unpaired) electrons. The van der Waals surface area contributed by atoms with Gasteiger partial charge in [-0.25, -0.2) is 31.5 Å². The molecule has 0 unspecified atom stereocenters. The first-order chi connectivity index (χ1) is 23.3. The third kappa shape index (κ3) is 7.35. The van der Waals surface area contributed by atoms with Crippen molar-refractivity contribution in [2.45, 2.75) is 97.2 Å². The summed E-state index contributed by atoms with van der Waals surface area (Å²) in [5.41, 5.74) is 1.72. The maximum atomic E-state index is 15.3. The maximum absolute atomic E-state index is 15.3. The molecule has 272 valence electrons. The smallest absolute Gasteiger partial charge is 0.411 e. The lowest BCUT2D eigenvalue weighted by atomic mass is 9.88. The summed E-state index contributed by atoms with van der Waals surface area (Å²) in [6, 6.07) is 4.02. The van der Waals surface area contributed by atoms with Crippen molar-refractivity contribution in [1.29, 1.82) is 0 Å². The zero-order valence-corrected chi connectivity index (χ0v) is 30.5. The highest BCUT2D eigenvalue weighted by Crippen LogP contribution is 2.40. The molecule has 0 saturated carbocycles. The molecule has 0 N–H and O–H groups in total. The average molecular weight is 717 g/mol. The Morgan fingerprint density at radius 1 is 1.04 bits per heavy atom. The van der Waals surface area contributed by atoms with E-state index in [1.165, 1.54) is 4.90 Å². The van der Waals surface area contributed by atoms with E-state index < -0.39 is 50.9 Å². The van der Waals surface area contributed by atoms with Crippen LogP contribution >= 0.6 is 0 Å². The zero-order valence-electron chi connectivity index (χ0n) is 29.7. The van der Waals surface area contributed by atoms with Crippen molar-refractivity contribution < 1.29 is 36.3 Å². The van der Waals surface area contributed by atoms with E-state index in [9.17, 15) is 22.4 Å². The third-order valence-electron chi connectivity index (χ3n) is 9.55. The first kappa shape index (κ1) is 36.1. The number of hydrogen-bond donors (Lipinski definition) is 0. The Balaban J connectivity index is 1.31. The number of hydrogen-bond acceptors (Lipinski definition) is 9. The molecule has 3 aliphatic rings. The minimum absolute atomic E-state index is 0.0398. The Morgan fingerprint density at radius 2 is 1.74 bits per heavy atom. The van der Waals surface area contributed by atoms with Gasteiger partial charge in [0.2, 0.25) is 0 Å². The number of sulfone groups is 1. The van der Waals surface area contributed by atoms with Crippen LogP contribution in [0.4, 0.5) is 13.6 Å². The van der Waals surface area contributed by atoms with Gasteiger partial charge in [0, 0.05) is 61.0 Å². The lowest BCUT2D eigenvalue weighted by Crippen LogP contribution is -2.60. The van der Waals surface area contributed by atoms with Crippen molar-refractivity contribution >= 4 is 27.5 Å². The van der Waals surface area contributed by atoms with E-state index in [2.05, 4.69) is 4.90 Å². The number of rotatable bonds is 4. The molecule has 0 bridgehead atoms. The molecule has 3 aromatic rings. The number of amides is 2. The van der Waals surface area contributed by atoms with Crippen molar-refractivity contribution in [1.82, 2.24) is 29.3 Å². The van der Waals surface area contributed by atoms with Crippen molar-refractivity contribution in [3.05, 3.63) is 64.1 Å². The highest BCUT2D eigenvalue weighted by molar-refractivity contribution is 7.91. The quantitative estimate of drug-likeness (QED) is 0.384. The summed E-state index contributed by atoms with van der Waals surface area (Å²) >= 11 is 0. The number of halogens is 2. The second kappa shape index (κ2) is 13.1. The summed E-state index contributed by atoms with van der Waals surface area (Å²) in [6.07, 6.45) is -0.537. The number of benzene rings is 1. The van der Waals surface area contributed by atoms with E-state index in [-0.39, 0.29) is 54.4 Å². The molecule has 1 aromatic carbocycles. The number of aryl methyl sites for hydroxylation is 1. The second-order valence-electron chi connectivity index (χ2n) is 15.5. The summed E-state index contributed by atoms with van der Waals surface area (Å²) < 4.78 is 67.7. The zero-order chi connectivity index (χ0) is 36.3. The average Bonchev–Trinajstić information content (AvgIpc) is 3.39. The number of nitrogens with zero attached hydrogens (tertiary/aromatic N) is 6. The van der Waals surface area contributed by atoms with E-state index in [4.69, 9.17) is 19.6 Å². The second-order valence-corrected chi connectivity index (χ2v) is 17.8. The Kier molecular flexibility index (Phi) is 9.48. The van der Waals surface area contributed by atoms with Crippen LogP contribution < -0.4 is 0 Å². The van der Waals surface area contributed by atoms with Crippen molar-refractivity contribution in [2.24, 2.45) is 0 Å². The monoisotopic (exact) mass is 716 g/mol. The molecule has 0 spiro atoms. The number of ether oxygens (including phenoxy) is 2. The van der Waals surface area contributed by atoms with Gasteiger partial charge in [-0.1, -0.05) is 0 Å². The normalized spacial score (nSPS) is 23.1. The molecule has 3 aliphatic heterocycles. The van der Waals surface area contributed by atoms with E-state index >= 15 is 4.39 Å². The molecule has 2 aromatic heterocycles. The van der Waals surface area contributed by atoms with Crippen molar-refractivity contribution in [2.75, 3.05) is 37.7 Å². The van der Waals surface area contributed by atoms with Gasteiger partial charge in [0.15, 0.2) is 15.5 Å². The van der Waals surface area contributed by atoms with Crippen LogP contribution in [0.1, 0.15) is 87.1 Å². The Hall–Kier alpha value is -3.69. The molecule has 2 amide bonds. The fourth-order valence-corrected chi connectivity index (χ4v) is 8.38. The molecule has 2 fully saturated rings. The van der Waals surface area contributed by atoms with E-state index in [0.29, 0.717) is 31.6 Å². The van der Waals surface area contributed by atoms with Gasteiger partial charge in [0.1, 0.15) is 29.0 Å². The van der Waals surface area contributed by atoms with Crippen LogP contribution in [0.2, 0.25) is 0 Å². The van der Waals surface area contributed by atoms with Crippen LogP contribution in [-0.4, -0.2) is 111 Å². The van der Waals surface area contributed by atoms with Gasteiger partial charge in [-0.2, -0.15) is 5.10 Å². The summed E-state index contributed by atoms with van der Waals surface area (Å²) in [4.78, 5) is 37.4. The molecule has 50 heavy (non-hydrogen) atoms. The molecule has 5 heterocycles. The Labute approximate surface area is 291 Å². The maximum Gasteiger partial charge on any atom is 0.411 e. The standard InChI is InChI=1S/C35H46F2N6O6S/c1-21-16-28(32(44)40-12-14-50(46,47)15-13-40)38-31-25-19-41(11-10-27(25)39-43(21)31)23-18-29(42(34(2,3)4)33(45)49-35(5,6)7)30(48-20-23)24-17-22(36)8-9-26(24)37/h8-9,16-17,23,29-30H,10-15,18-20H2,1-7H3/t23-,29+,30-/m1/s1. The first-order valence-electron chi connectivity index (χ1n) is 17.0. The molecular formula is C35H46F2N6O6S. The van der Waals surface area contributed by atoms with E-state index in [0.717, 1.165) is 35.2 Å². The fourth-order valence-electron chi connectivity index (χ4n) is 7.18. The Bertz CT molecular complexity index is 1910. The predicted molar refractivity (Wildman–Crippen MR) is 181 cm³/mol. The molecule has 12 nitrogen and oxygen atoms in total. The van der Waals surface area contributed by atoms with Crippen LogP contribution in [0.3, 0.4) is 0 Å². The lowest BCUT2D eigenvalue weighted by Gasteiger charge is -2.50. The van der Waals surface area contributed by atoms with Crippen LogP contribution in [0.5, 0.6) is 0 Å². The van der Waals surface area contributed by atoms with Gasteiger partial charge < -0.3 is 14.4 Å². The molecule has 15 heteroatoms. The summed E-state index contributed by atoms with van der Waals surface area (Å²) in [7, 11) is -3.16. The molecule has 0 aliphatic carbocycles. The van der Waals surface area contributed by atoms with E-state index in [1.54, 1.807) is 36.3 Å². The third-order valence-corrected chi connectivity index (χ3v) is 11.2. The van der Waals surface area contributed by atoms with Crippen molar-refractivity contribution in [3.63, 3.8) is 0 Å². The number of carbonyl (C=O) groups excluding carboxylic acids is 2. The van der Waals surface area contributed by atoms with Crippen LogP contribution in [-0.2, 0) is 32.3 Å². The van der Waals surface area contributed by atoms with Gasteiger partial charge >= 0.3 is 6.09 Å². The van der Waals surface area contributed by atoms with Crippen LogP contribution in [0.15, 0.2) is 24.3 Å². The van der Waals surface area contributed by atoms with Crippen LogP contribution in [0.25, 0.3) is 5.65 Å². The van der Waals surface area contributed by atoms with Gasteiger partial charge in [0.05, 0.1) is 29.8 Å². The number of carbonyl (C=O) groups is 2. The first-order valence-corrected chi connectivity index (χ1v) is 18.8. The number of aromatic nitrogens is 3. The van der Waals surface area contributed by atoms with Gasteiger partial charge in [-0.05, 0) is 79.2 Å². The minimum atomic E-state index is -3.16. The van der Waals surface area contributed by atoms with Gasteiger partial charge in [-0.15, -0.1) is 0 Å². The Morgan fingerprint density at radius 3 is 2.40 bits per heavy atom. The molecule has 2 saturated heterocycles. The summed E-state index contributed by atoms with van der Waals surface area (Å²) in [6.45, 7) is 14.3. The predicted octanol–water partition coefficient (Wildman–Crippen LogP) is 4.48. The minimum Gasteiger partial charge on any atom is -0.444 e. The molecule has 6 rings (SSSR count). The highest BCUT2D eigenvalue weighted by atomic mass is 32.2. The number of fused-ring (bicyclic) bond motifs is 3. The summed E-state index contributed by atoms with van der Waals surface area (Å²) in [5.74, 6) is -1.70. The van der Waals surface area contributed by atoms with Gasteiger partial charge in [-0.3, -0.25) is 14.6 Å². The molecular weight excluding hydrogens is 670 g/mol. The summed E-state index contributed by atoms with van der Waals surface area (Å²) in [5, 5.41) is 4.81. The highest BCUT2D eigenvalue weighted by Gasteiger charge is 2.46.